The number of carboxylic acids is 1. The van der Waals surface area contributed by atoms with E-state index in [0.29, 0.717) is 11.3 Å². The summed E-state index contributed by atoms with van der Waals surface area (Å²) in [5.41, 5.74) is 0.978. The highest BCUT2D eigenvalue weighted by atomic mass is 32.1. The molecule has 2 aromatic heterocycles. The average Bonchev–Trinajstić information content (AvgIpc) is 3.03. The number of rotatable bonds is 7. The van der Waals surface area contributed by atoms with Crippen molar-refractivity contribution in [3.05, 3.63) is 16.6 Å². The molecule has 0 saturated carbocycles. The monoisotopic (exact) mass is 351 g/mol. The van der Waals surface area contributed by atoms with Crippen LogP contribution in [0.5, 0.6) is 0 Å². The van der Waals surface area contributed by atoms with Gasteiger partial charge in [0, 0.05) is 19.0 Å². The van der Waals surface area contributed by atoms with Crippen LogP contribution in [0.4, 0.5) is 0 Å². The second-order valence-electron chi connectivity index (χ2n) is 6.87. The summed E-state index contributed by atoms with van der Waals surface area (Å²) in [6, 6.07) is 1.86. The van der Waals surface area contributed by atoms with Gasteiger partial charge < -0.3 is 10.4 Å². The minimum atomic E-state index is -0.869. The third kappa shape index (κ3) is 3.95. The van der Waals surface area contributed by atoms with Crippen molar-refractivity contribution in [3.63, 3.8) is 0 Å². The summed E-state index contributed by atoms with van der Waals surface area (Å²) in [6.45, 7) is 8.25. The molecule has 0 aliphatic rings. The van der Waals surface area contributed by atoms with Gasteiger partial charge in [-0.3, -0.25) is 14.3 Å². The Morgan fingerprint density at radius 3 is 2.54 bits per heavy atom. The third-order valence-electron chi connectivity index (χ3n) is 3.92. The van der Waals surface area contributed by atoms with E-state index in [9.17, 15) is 14.7 Å². The van der Waals surface area contributed by atoms with Crippen LogP contribution in [0.1, 0.15) is 55.4 Å². The zero-order valence-electron chi connectivity index (χ0n) is 14.8. The summed E-state index contributed by atoms with van der Waals surface area (Å²) in [5.74, 6) is -1.10. The lowest BCUT2D eigenvalue weighted by Crippen LogP contribution is -2.33. The van der Waals surface area contributed by atoms with Crippen LogP contribution < -0.4 is 5.32 Å². The van der Waals surface area contributed by atoms with Gasteiger partial charge in [0.2, 0.25) is 0 Å². The second kappa shape index (κ2) is 7.34. The normalized spacial score (nSPS) is 13.0. The van der Waals surface area contributed by atoms with Gasteiger partial charge in [-0.1, -0.05) is 27.7 Å². The number of carbonyl (C=O) groups excluding carboxylic acids is 1. The van der Waals surface area contributed by atoms with Gasteiger partial charge in [0.1, 0.15) is 4.83 Å². The first-order valence-electron chi connectivity index (χ1n) is 8.18. The van der Waals surface area contributed by atoms with E-state index in [1.54, 1.807) is 4.68 Å². The second-order valence-corrected chi connectivity index (χ2v) is 7.90. The average molecular weight is 351 g/mol. The number of thiophene rings is 1. The molecule has 1 unspecified atom stereocenters. The highest BCUT2D eigenvalue weighted by molar-refractivity contribution is 7.20. The molecule has 2 rings (SSSR count). The Morgan fingerprint density at radius 2 is 2.00 bits per heavy atom. The molecule has 7 heteroatoms. The highest BCUT2D eigenvalue weighted by Gasteiger charge is 2.22. The molecule has 0 bridgehead atoms. The Labute approximate surface area is 145 Å². The number of aromatic nitrogens is 2. The topological polar surface area (TPSA) is 84.2 Å². The van der Waals surface area contributed by atoms with Crippen molar-refractivity contribution in [2.24, 2.45) is 18.9 Å². The number of aryl methyl sites for hydroxylation is 1. The van der Waals surface area contributed by atoms with Gasteiger partial charge in [0.05, 0.1) is 16.5 Å². The fraction of sp³-hybridized carbons (Fsp3) is 0.588. The Bertz CT molecular complexity index is 746. The first-order chi connectivity index (χ1) is 11.2. The van der Waals surface area contributed by atoms with Crippen molar-refractivity contribution in [2.45, 2.75) is 40.0 Å². The maximum absolute atomic E-state index is 12.4. The fourth-order valence-electron chi connectivity index (χ4n) is 2.75. The molecule has 2 aromatic rings. The molecule has 0 aliphatic heterocycles. The first kappa shape index (κ1) is 18.4. The zero-order valence-corrected chi connectivity index (χ0v) is 15.6. The van der Waals surface area contributed by atoms with Crippen LogP contribution in [0, 0.1) is 11.8 Å². The minimum absolute atomic E-state index is 0.149. The van der Waals surface area contributed by atoms with Crippen molar-refractivity contribution in [1.82, 2.24) is 15.1 Å². The van der Waals surface area contributed by atoms with E-state index in [2.05, 4.69) is 24.3 Å². The van der Waals surface area contributed by atoms with Crippen molar-refractivity contribution >= 4 is 33.4 Å². The Kier molecular flexibility index (Phi) is 5.64. The molecule has 2 heterocycles. The lowest BCUT2D eigenvalue weighted by atomic mass is 9.97. The van der Waals surface area contributed by atoms with Crippen molar-refractivity contribution in [3.8, 4) is 0 Å². The van der Waals surface area contributed by atoms with Crippen LogP contribution in [-0.4, -0.2) is 33.3 Å². The van der Waals surface area contributed by atoms with E-state index in [1.165, 1.54) is 11.3 Å². The third-order valence-corrected chi connectivity index (χ3v) is 5.13. The van der Waals surface area contributed by atoms with Crippen LogP contribution in [0.3, 0.4) is 0 Å². The predicted molar refractivity (Wildman–Crippen MR) is 95.6 cm³/mol. The summed E-state index contributed by atoms with van der Waals surface area (Å²) in [5, 5.41) is 17.5. The van der Waals surface area contributed by atoms with Crippen molar-refractivity contribution in [1.29, 1.82) is 0 Å². The molecule has 0 radical (unpaired) electrons. The number of nitrogens with zero attached hydrogens (tertiary/aromatic N) is 2. The lowest BCUT2D eigenvalue weighted by molar-refractivity contribution is -0.142. The van der Waals surface area contributed by atoms with E-state index < -0.39 is 11.9 Å². The molecule has 132 valence electrons. The molecular formula is C17H25N3O3S. The molecule has 2 N–H and O–H groups in total. The first-order valence-corrected chi connectivity index (χ1v) is 8.99. The molecule has 1 amide bonds. The van der Waals surface area contributed by atoms with E-state index in [4.69, 9.17) is 0 Å². The predicted octanol–water partition coefficient (Wildman–Crippen LogP) is 3.23. The molecular weight excluding hydrogens is 326 g/mol. The SMILES string of the molecule is CC(C)CC(CNC(=O)c1cc2c(C(C)C)nn(C)c2s1)C(=O)O. The van der Waals surface area contributed by atoms with Gasteiger partial charge in [0.15, 0.2) is 0 Å². The Morgan fingerprint density at radius 1 is 1.33 bits per heavy atom. The fourth-order valence-corrected chi connectivity index (χ4v) is 3.74. The van der Waals surface area contributed by atoms with E-state index >= 15 is 0 Å². The summed E-state index contributed by atoms with van der Waals surface area (Å²) in [7, 11) is 1.87. The van der Waals surface area contributed by atoms with Crippen molar-refractivity contribution in [2.75, 3.05) is 6.54 Å². The molecule has 24 heavy (non-hydrogen) atoms. The quantitative estimate of drug-likeness (QED) is 0.802. The molecule has 0 fully saturated rings. The summed E-state index contributed by atoms with van der Waals surface area (Å²) >= 11 is 1.39. The van der Waals surface area contributed by atoms with Crippen LogP contribution >= 0.6 is 11.3 Å². The molecule has 0 aliphatic carbocycles. The molecule has 0 aromatic carbocycles. The van der Waals surface area contributed by atoms with E-state index in [-0.39, 0.29) is 24.3 Å². The number of amides is 1. The number of carbonyl (C=O) groups is 2. The van der Waals surface area contributed by atoms with Gasteiger partial charge in [0.25, 0.3) is 5.91 Å². The maximum Gasteiger partial charge on any atom is 0.308 e. The largest absolute Gasteiger partial charge is 0.481 e. The van der Waals surface area contributed by atoms with Crippen molar-refractivity contribution < 1.29 is 14.7 Å². The summed E-state index contributed by atoms with van der Waals surface area (Å²) in [6.07, 6.45) is 0.545. The number of carboxylic acid groups (broad SMARTS) is 1. The Balaban J connectivity index is 2.14. The van der Waals surface area contributed by atoms with E-state index in [1.807, 2.05) is 27.0 Å². The standard InChI is InChI=1S/C17H25N3O3S/c1-9(2)6-11(17(22)23)8-18-15(21)13-7-12-14(10(3)4)19-20(5)16(12)24-13/h7,9-11H,6,8H2,1-5H3,(H,18,21)(H,22,23). The van der Waals surface area contributed by atoms with Crippen LogP contribution in [0.15, 0.2) is 6.07 Å². The molecule has 0 spiro atoms. The number of aliphatic carboxylic acids is 1. The number of hydrogen-bond acceptors (Lipinski definition) is 4. The van der Waals surface area contributed by atoms with Gasteiger partial charge in [-0.15, -0.1) is 11.3 Å². The number of fused-ring (bicyclic) bond motifs is 1. The summed E-state index contributed by atoms with van der Waals surface area (Å²) < 4.78 is 1.80. The summed E-state index contributed by atoms with van der Waals surface area (Å²) in [4.78, 5) is 25.2. The van der Waals surface area contributed by atoms with Gasteiger partial charge in [-0.25, -0.2) is 0 Å². The van der Waals surface area contributed by atoms with Gasteiger partial charge in [-0.2, -0.15) is 5.10 Å². The van der Waals surface area contributed by atoms with Crippen LogP contribution in [0.2, 0.25) is 0 Å². The van der Waals surface area contributed by atoms with Crippen LogP contribution in [0.25, 0.3) is 10.2 Å². The van der Waals surface area contributed by atoms with E-state index in [0.717, 1.165) is 15.9 Å². The number of hydrogen-bond donors (Lipinski definition) is 2. The van der Waals surface area contributed by atoms with Gasteiger partial charge >= 0.3 is 5.97 Å². The van der Waals surface area contributed by atoms with Gasteiger partial charge in [-0.05, 0) is 24.3 Å². The lowest BCUT2D eigenvalue weighted by Gasteiger charge is -2.15. The molecule has 0 saturated heterocycles. The minimum Gasteiger partial charge on any atom is -0.481 e. The smallest absolute Gasteiger partial charge is 0.308 e. The highest BCUT2D eigenvalue weighted by Crippen LogP contribution is 2.31. The molecule has 1 atom stereocenters. The number of nitrogens with one attached hydrogen (secondary N) is 1. The maximum atomic E-state index is 12.4. The zero-order chi connectivity index (χ0) is 18.0. The van der Waals surface area contributed by atoms with Crippen LogP contribution in [-0.2, 0) is 11.8 Å². The molecule has 6 nitrogen and oxygen atoms in total. The Hall–Kier alpha value is -1.89.